The monoisotopic (exact) mass is 216 g/mol. The third kappa shape index (κ3) is 3.35. The van der Waals surface area contributed by atoms with E-state index in [-0.39, 0.29) is 0 Å². The van der Waals surface area contributed by atoms with Crippen molar-refractivity contribution in [1.29, 1.82) is 0 Å². The van der Waals surface area contributed by atoms with E-state index in [2.05, 4.69) is 22.4 Å². The average Bonchev–Trinajstić information content (AvgIpc) is 2.38. The summed E-state index contributed by atoms with van der Waals surface area (Å²) in [6.45, 7) is 1.81. The largest absolute Gasteiger partial charge is 0.388 e. The van der Waals surface area contributed by atoms with Crippen molar-refractivity contribution in [3.05, 3.63) is 36.7 Å². The van der Waals surface area contributed by atoms with Crippen LogP contribution in [0, 0.1) is 0 Å². The van der Waals surface area contributed by atoms with Crippen molar-refractivity contribution >= 4 is 22.7 Å². The Morgan fingerprint density at radius 2 is 2.06 bits per heavy atom. The molecule has 0 bridgehead atoms. The number of aromatic nitrogens is 1. The summed E-state index contributed by atoms with van der Waals surface area (Å²) in [6, 6.07) is 8.23. The molecule has 0 spiro atoms. The fourth-order valence-corrected chi connectivity index (χ4v) is 1.24. The molecule has 2 aromatic rings. The van der Waals surface area contributed by atoms with Gasteiger partial charge >= 0.3 is 0 Å². The Hall–Kier alpha value is -1.90. The highest BCUT2D eigenvalue weighted by Crippen LogP contribution is 2.16. The molecule has 0 aliphatic rings. The van der Waals surface area contributed by atoms with E-state index in [0.717, 1.165) is 12.0 Å². The zero-order chi connectivity index (χ0) is 11.8. The maximum atomic E-state index is 9.17. The van der Waals surface area contributed by atoms with Crippen LogP contribution in [0.25, 0.3) is 10.8 Å². The topological polar surface area (TPSA) is 42.0 Å². The van der Waals surface area contributed by atoms with Gasteiger partial charge in [-0.3, -0.25) is 4.98 Å². The standard InChI is InChI=1S/C10H10N2.C3H6O/c1-11-10-3-2-9-7-12-5-4-8(9)6-10;1-2-3-4/h2-7,11H,1H3;3H,2H2,1H3. The van der Waals surface area contributed by atoms with Gasteiger partial charge in [-0.1, -0.05) is 13.0 Å². The van der Waals surface area contributed by atoms with Crippen molar-refractivity contribution in [2.24, 2.45) is 0 Å². The van der Waals surface area contributed by atoms with E-state index in [1.165, 1.54) is 10.8 Å². The number of nitrogens with one attached hydrogen (secondary N) is 1. The van der Waals surface area contributed by atoms with Gasteiger partial charge in [0.15, 0.2) is 0 Å². The van der Waals surface area contributed by atoms with E-state index >= 15 is 0 Å². The maximum Gasteiger partial charge on any atom is 0.119 e. The predicted octanol–water partition coefficient (Wildman–Crippen LogP) is 2.87. The van der Waals surface area contributed by atoms with Crippen molar-refractivity contribution < 1.29 is 4.79 Å². The van der Waals surface area contributed by atoms with Gasteiger partial charge in [0, 0.05) is 36.9 Å². The maximum absolute atomic E-state index is 9.17. The van der Waals surface area contributed by atoms with Crippen LogP contribution in [0.4, 0.5) is 5.69 Å². The molecule has 3 nitrogen and oxygen atoms in total. The van der Waals surface area contributed by atoms with E-state index in [9.17, 15) is 4.79 Å². The molecular weight excluding hydrogens is 200 g/mol. The normalized spacial score (nSPS) is 9.12. The van der Waals surface area contributed by atoms with Crippen LogP contribution in [-0.4, -0.2) is 18.3 Å². The molecule has 0 fully saturated rings. The lowest BCUT2D eigenvalue weighted by Gasteiger charge is -2.01. The zero-order valence-corrected chi connectivity index (χ0v) is 9.60. The lowest BCUT2D eigenvalue weighted by molar-refractivity contribution is -0.107. The quantitative estimate of drug-likeness (QED) is 0.785. The molecule has 0 radical (unpaired) electrons. The lowest BCUT2D eigenvalue weighted by Crippen LogP contribution is -1.86. The number of benzene rings is 1. The molecule has 3 heteroatoms. The second kappa shape index (κ2) is 6.56. The van der Waals surface area contributed by atoms with Crippen LogP contribution in [-0.2, 0) is 4.79 Å². The molecule has 0 atom stereocenters. The minimum Gasteiger partial charge on any atom is -0.388 e. The van der Waals surface area contributed by atoms with Crippen LogP contribution in [0.15, 0.2) is 36.7 Å². The molecule has 1 N–H and O–H groups in total. The van der Waals surface area contributed by atoms with Crippen molar-refractivity contribution in [2.75, 3.05) is 12.4 Å². The summed E-state index contributed by atoms with van der Waals surface area (Å²) in [5.41, 5.74) is 1.13. The van der Waals surface area contributed by atoms with E-state index in [0.29, 0.717) is 6.42 Å². The SMILES string of the molecule is CCC=O.CNc1ccc2cnccc2c1. The molecule has 2 rings (SSSR count). The van der Waals surface area contributed by atoms with E-state index in [4.69, 9.17) is 0 Å². The summed E-state index contributed by atoms with van der Waals surface area (Å²) >= 11 is 0. The van der Waals surface area contributed by atoms with Crippen LogP contribution in [0.5, 0.6) is 0 Å². The molecule has 0 unspecified atom stereocenters. The first-order valence-corrected chi connectivity index (χ1v) is 5.27. The first-order chi connectivity index (χ1) is 7.81. The molecule has 1 aromatic carbocycles. The molecule has 1 aromatic heterocycles. The first-order valence-electron chi connectivity index (χ1n) is 5.27. The Morgan fingerprint density at radius 1 is 1.31 bits per heavy atom. The zero-order valence-electron chi connectivity index (χ0n) is 9.60. The third-order valence-corrected chi connectivity index (χ3v) is 2.10. The predicted molar refractivity (Wildman–Crippen MR) is 67.6 cm³/mol. The highest BCUT2D eigenvalue weighted by molar-refractivity contribution is 5.84. The molecular formula is C13H16N2O. The number of nitrogens with zero attached hydrogens (tertiary/aromatic N) is 1. The van der Waals surface area contributed by atoms with Crippen molar-refractivity contribution in [2.45, 2.75) is 13.3 Å². The summed E-state index contributed by atoms with van der Waals surface area (Å²) in [7, 11) is 1.92. The number of carbonyl (C=O) groups excluding carboxylic acids is 1. The van der Waals surface area contributed by atoms with Gasteiger partial charge in [-0.15, -0.1) is 0 Å². The molecule has 0 aliphatic heterocycles. The smallest absolute Gasteiger partial charge is 0.119 e. The Labute approximate surface area is 95.5 Å². The number of rotatable bonds is 2. The lowest BCUT2D eigenvalue weighted by atomic mass is 10.1. The second-order valence-electron chi connectivity index (χ2n) is 3.26. The molecule has 0 saturated heterocycles. The van der Waals surface area contributed by atoms with Crippen molar-refractivity contribution in [1.82, 2.24) is 4.98 Å². The number of hydrogen-bond acceptors (Lipinski definition) is 3. The number of anilines is 1. The second-order valence-corrected chi connectivity index (χ2v) is 3.26. The number of pyridine rings is 1. The molecule has 0 amide bonds. The Bertz CT molecular complexity index is 454. The van der Waals surface area contributed by atoms with E-state index < -0.39 is 0 Å². The Kier molecular flexibility index (Phi) is 4.99. The molecule has 0 saturated carbocycles. The summed E-state index contributed by atoms with van der Waals surface area (Å²) < 4.78 is 0. The fraction of sp³-hybridized carbons (Fsp3) is 0.231. The van der Waals surface area contributed by atoms with Gasteiger partial charge in [0.2, 0.25) is 0 Å². The molecule has 84 valence electrons. The fourth-order valence-electron chi connectivity index (χ4n) is 1.24. The van der Waals surface area contributed by atoms with Crippen LogP contribution in [0.3, 0.4) is 0 Å². The summed E-state index contributed by atoms with van der Waals surface area (Å²) in [5.74, 6) is 0. The van der Waals surface area contributed by atoms with Gasteiger partial charge in [-0.25, -0.2) is 0 Å². The van der Waals surface area contributed by atoms with Crippen LogP contribution >= 0.6 is 0 Å². The van der Waals surface area contributed by atoms with Crippen LogP contribution in [0.2, 0.25) is 0 Å². The van der Waals surface area contributed by atoms with Crippen LogP contribution in [0.1, 0.15) is 13.3 Å². The summed E-state index contributed by atoms with van der Waals surface area (Å²) in [5, 5.41) is 5.50. The van der Waals surface area contributed by atoms with Crippen molar-refractivity contribution in [3.8, 4) is 0 Å². The van der Waals surface area contributed by atoms with Gasteiger partial charge in [0.25, 0.3) is 0 Å². The average molecular weight is 216 g/mol. The minimum absolute atomic E-state index is 0.639. The van der Waals surface area contributed by atoms with Crippen molar-refractivity contribution in [3.63, 3.8) is 0 Å². The minimum atomic E-state index is 0.639. The molecule has 16 heavy (non-hydrogen) atoms. The van der Waals surface area contributed by atoms with Gasteiger partial charge in [-0.2, -0.15) is 0 Å². The number of fused-ring (bicyclic) bond motifs is 1. The van der Waals surface area contributed by atoms with Gasteiger partial charge < -0.3 is 10.1 Å². The van der Waals surface area contributed by atoms with E-state index in [1.54, 1.807) is 0 Å². The van der Waals surface area contributed by atoms with E-state index in [1.807, 2.05) is 38.5 Å². The highest BCUT2D eigenvalue weighted by Gasteiger charge is 1.92. The summed E-state index contributed by atoms with van der Waals surface area (Å²) in [6.07, 6.45) is 5.19. The number of aldehydes is 1. The van der Waals surface area contributed by atoms with Gasteiger partial charge in [0.1, 0.15) is 6.29 Å². The number of carbonyl (C=O) groups is 1. The van der Waals surface area contributed by atoms with Crippen LogP contribution < -0.4 is 5.32 Å². The Balaban J connectivity index is 0.000000280. The molecule has 0 aliphatic carbocycles. The first kappa shape index (κ1) is 12.2. The molecule has 1 heterocycles. The summed E-state index contributed by atoms with van der Waals surface area (Å²) in [4.78, 5) is 13.2. The van der Waals surface area contributed by atoms with Gasteiger partial charge in [0.05, 0.1) is 0 Å². The highest BCUT2D eigenvalue weighted by atomic mass is 16.1. The number of hydrogen-bond donors (Lipinski definition) is 1. The van der Waals surface area contributed by atoms with Gasteiger partial charge in [-0.05, 0) is 23.6 Å². The third-order valence-electron chi connectivity index (χ3n) is 2.10. The Morgan fingerprint density at radius 3 is 2.69 bits per heavy atom.